The normalized spacial score (nSPS) is 18.6. The third kappa shape index (κ3) is 4.42. The Kier molecular flexibility index (Phi) is 6.53. The molecule has 0 N–H and O–H groups in total. The van der Waals surface area contributed by atoms with Crippen LogP contribution in [0.15, 0.2) is 59.1 Å². The summed E-state index contributed by atoms with van der Waals surface area (Å²) >= 11 is 1.57. The lowest BCUT2D eigenvalue weighted by Gasteiger charge is -2.42. The van der Waals surface area contributed by atoms with E-state index in [1.807, 2.05) is 24.3 Å². The lowest BCUT2D eigenvalue weighted by Crippen LogP contribution is -2.47. The van der Waals surface area contributed by atoms with Crippen molar-refractivity contribution in [1.82, 2.24) is 4.90 Å². The van der Waals surface area contributed by atoms with E-state index in [-0.39, 0.29) is 11.8 Å². The Bertz CT molecular complexity index is 1030. The standard InChI is InChI=1S/C25H27N3O2S/c1-3-4-6-18-9-11-20(12-10-18)27-16-28-24(29)14-22(23(15-26)25(28)31-17-27)19-7-5-8-21(13-19)30-2/h5,7-13,22H,3-4,6,14,16-17H2,1-2H3/t22-/m0/s1. The molecule has 1 fully saturated rings. The lowest BCUT2D eigenvalue weighted by atomic mass is 9.86. The van der Waals surface area contributed by atoms with Crippen LogP contribution in [0.4, 0.5) is 5.69 Å². The number of hydrogen-bond acceptors (Lipinski definition) is 5. The van der Waals surface area contributed by atoms with Gasteiger partial charge in [-0.25, -0.2) is 0 Å². The number of allylic oxidation sites excluding steroid dienone is 1. The number of carbonyl (C=O) groups is 1. The van der Waals surface area contributed by atoms with E-state index in [1.54, 1.807) is 23.8 Å². The molecule has 2 heterocycles. The molecule has 5 nitrogen and oxygen atoms in total. The number of thioether (sulfide) groups is 1. The SMILES string of the molecule is CCCCc1ccc(N2CSC3=C(C#N)[C@H](c4cccc(OC)c4)CC(=O)N3C2)cc1. The highest BCUT2D eigenvalue weighted by Crippen LogP contribution is 2.43. The van der Waals surface area contributed by atoms with Crippen LogP contribution >= 0.6 is 11.8 Å². The van der Waals surface area contributed by atoms with Crippen LogP contribution in [0.3, 0.4) is 0 Å². The topological polar surface area (TPSA) is 56.6 Å². The zero-order valence-electron chi connectivity index (χ0n) is 18.0. The number of benzene rings is 2. The van der Waals surface area contributed by atoms with Crippen LogP contribution in [0.1, 0.15) is 43.2 Å². The summed E-state index contributed by atoms with van der Waals surface area (Å²) in [5, 5.41) is 10.7. The summed E-state index contributed by atoms with van der Waals surface area (Å²) in [7, 11) is 1.62. The molecule has 2 aromatic carbocycles. The zero-order valence-corrected chi connectivity index (χ0v) is 18.8. The van der Waals surface area contributed by atoms with Crippen molar-refractivity contribution in [1.29, 1.82) is 5.26 Å². The molecule has 4 rings (SSSR count). The summed E-state index contributed by atoms with van der Waals surface area (Å²) in [6, 6.07) is 18.7. The predicted octanol–water partition coefficient (Wildman–Crippen LogP) is 5.26. The van der Waals surface area contributed by atoms with E-state index in [2.05, 4.69) is 42.2 Å². The molecule has 0 aliphatic carbocycles. The molecular formula is C25H27N3O2S. The largest absolute Gasteiger partial charge is 0.497 e. The number of carbonyl (C=O) groups excluding carboxylic acids is 1. The minimum absolute atomic E-state index is 0.0542. The number of amides is 1. The smallest absolute Gasteiger partial charge is 0.229 e. The molecule has 2 aromatic rings. The Morgan fingerprint density at radius 2 is 2.03 bits per heavy atom. The Morgan fingerprint density at radius 1 is 1.23 bits per heavy atom. The van der Waals surface area contributed by atoms with E-state index in [0.29, 0.717) is 24.5 Å². The fourth-order valence-corrected chi connectivity index (χ4v) is 5.29. The highest BCUT2D eigenvalue weighted by molar-refractivity contribution is 8.03. The van der Waals surface area contributed by atoms with Crippen molar-refractivity contribution in [3.05, 3.63) is 70.3 Å². The fraction of sp³-hybridized carbons (Fsp3) is 0.360. The van der Waals surface area contributed by atoms with Crippen LogP contribution in [0.25, 0.3) is 0 Å². The van der Waals surface area contributed by atoms with Gasteiger partial charge >= 0.3 is 0 Å². The van der Waals surface area contributed by atoms with Crippen LogP contribution < -0.4 is 9.64 Å². The first kappa shape index (κ1) is 21.3. The number of methoxy groups -OCH3 is 1. The average Bonchev–Trinajstić information content (AvgIpc) is 2.83. The number of nitrogens with zero attached hydrogens (tertiary/aromatic N) is 3. The molecule has 1 amide bonds. The first-order valence-electron chi connectivity index (χ1n) is 10.7. The van der Waals surface area contributed by atoms with Crippen molar-refractivity contribution in [2.45, 2.75) is 38.5 Å². The minimum atomic E-state index is -0.226. The number of hydrogen-bond donors (Lipinski definition) is 0. The monoisotopic (exact) mass is 433 g/mol. The number of fused-ring (bicyclic) bond motifs is 1. The molecule has 1 saturated heterocycles. The summed E-state index contributed by atoms with van der Waals surface area (Å²) in [5.41, 5.74) is 4.07. The first-order chi connectivity index (χ1) is 15.1. The van der Waals surface area contributed by atoms with Crippen LogP contribution in [-0.2, 0) is 11.2 Å². The molecule has 0 aromatic heterocycles. The van der Waals surface area contributed by atoms with E-state index < -0.39 is 0 Å². The molecule has 0 radical (unpaired) electrons. The first-order valence-corrected chi connectivity index (χ1v) is 11.7. The molecule has 0 bridgehead atoms. The van der Waals surface area contributed by atoms with Gasteiger partial charge in [0.2, 0.25) is 5.91 Å². The van der Waals surface area contributed by atoms with Crippen LogP contribution in [0.5, 0.6) is 5.75 Å². The number of nitriles is 1. The molecule has 160 valence electrons. The number of rotatable bonds is 6. The maximum Gasteiger partial charge on any atom is 0.229 e. The van der Waals surface area contributed by atoms with Gasteiger partial charge in [-0.3, -0.25) is 9.69 Å². The molecule has 2 aliphatic rings. The average molecular weight is 434 g/mol. The lowest BCUT2D eigenvalue weighted by molar-refractivity contribution is -0.129. The summed E-state index contributed by atoms with van der Waals surface area (Å²) in [4.78, 5) is 17.1. The third-order valence-electron chi connectivity index (χ3n) is 5.91. The van der Waals surface area contributed by atoms with Gasteiger partial charge < -0.3 is 9.64 Å². The number of anilines is 1. The Morgan fingerprint density at radius 3 is 2.74 bits per heavy atom. The van der Waals surface area contributed by atoms with Gasteiger partial charge in [0, 0.05) is 18.0 Å². The number of ether oxygens (including phenoxy) is 1. The van der Waals surface area contributed by atoms with Gasteiger partial charge in [0.25, 0.3) is 0 Å². The van der Waals surface area contributed by atoms with Crippen molar-refractivity contribution < 1.29 is 9.53 Å². The van der Waals surface area contributed by atoms with Gasteiger partial charge in [0.1, 0.15) is 5.75 Å². The summed E-state index contributed by atoms with van der Waals surface area (Å²) in [6.45, 7) is 2.68. The molecular weight excluding hydrogens is 406 g/mol. The second-order valence-corrected chi connectivity index (χ2v) is 8.84. The van der Waals surface area contributed by atoms with Gasteiger partial charge in [0.05, 0.1) is 36.3 Å². The summed E-state index contributed by atoms with van der Waals surface area (Å²) < 4.78 is 5.33. The van der Waals surface area contributed by atoms with Gasteiger partial charge in [-0.15, -0.1) is 0 Å². The second kappa shape index (κ2) is 9.49. The molecule has 0 unspecified atom stereocenters. The molecule has 0 saturated carbocycles. The molecule has 6 heteroatoms. The van der Waals surface area contributed by atoms with E-state index in [4.69, 9.17) is 4.74 Å². The van der Waals surface area contributed by atoms with Crippen LogP contribution in [0.2, 0.25) is 0 Å². The summed E-state index contributed by atoms with van der Waals surface area (Å²) in [6.07, 6.45) is 3.78. The number of unbranched alkanes of at least 4 members (excludes halogenated alkanes) is 1. The highest BCUT2D eigenvalue weighted by Gasteiger charge is 2.38. The maximum atomic E-state index is 13.1. The molecule has 1 atom stereocenters. The summed E-state index contributed by atoms with van der Waals surface area (Å²) in [5.74, 6) is 1.28. The Hall–Kier alpha value is -2.91. The van der Waals surface area contributed by atoms with Crippen molar-refractivity contribution in [2.75, 3.05) is 24.6 Å². The van der Waals surface area contributed by atoms with Gasteiger partial charge in [-0.05, 0) is 48.2 Å². The minimum Gasteiger partial charge on any atom is -0.497 e. The maximum absolute atomic E-state index is 13.1. The van der Waals surface area contributed by atoms with Gasteiger partial charge in [-0.1, -0.05) is 49.4 Å². The van der Waals surface area contributed by atoms with Crippen molar-refractivity contribution in [3.8, 4) is 11.8 Å². The van der Waals surface area contributed by atoms with Gasteiger partial charge in [0.15, 0.2) is 0 Å². The quantitative estimate of drug-likeness (QED) is 0.622. The van der Waals surface area contributed by atoms with Crippen LogP contribution in [-0.4, -0.2) is 30.5 Å². The number of aryl methyl sites for hydroxylation is 1. The van der Waals surface area contributed by atoms with Crippen molar-refractivity contribution in [3.63, 3.8) is 0 Å². The van der Waals surface area contributed by atoms with Crippen molar-refractivity contribution >= 4 is 23.4 Å². The predicted molar refractivity (Wildman–Crippen MR) is 125 cm³/mol. The molecule has 0 spiro atoms. The second-order valence-electron chi connectivity index (χ2n) is 7.91. The highest BCUT2D eigenvalue weighted by atomic mass is 32.2. The van der Waals surface area contributed by atoms with E-state index in [9.17, 15) is 10.1 Å². The molecule has 31 heavy (non-hydrogen) atoms. The fourth-order valence-electron chi connectivity index (χ4n) is 4.12. The van der Waals surface area contributed by atoms with Crippen LogP contribution in [0, 0.1) is 11.3 Å². The van der Waals surface area contributed by atoms with E-state index >= 15 is 0 Å². The van der Waals surface area contributed by atoms with Crippen molar-refractivity contribution in [2.24, 2.45) is 0 Å². The molecule has 2 aliphatic heterocycles. The van der Waals surface area contributed by atoms with Gasteiger partial charge in [-0.2, -0.15) is 5.26 Å². The van der Waals surface area contributed by atoms with E-state index in [0.717, 1.165) is 28.5 Å². The Balaban J connectivity index is 1.57. The zero-order chi connectivity index (χ0) is 21.8. The van der Waals surface area contributed by atoms with E-state index in [1.165, 1.54) is 18.4 Å². The Labute approximate surface area is 188 Å². The third-order valence-corrected chi connectivity index (χ3v) is 7.06.